The van der Waals surface area contributed by atoms with Gasteiger partial charge in [-0.2, -0.15) is 0 Å². The summed E-state index contributed by atoms with van der Waals surface area (Å²) in [6.45, 7) is 3.83. The van der Waals surface area contributed by atoms with Crippen molar-refractivity contribution in [2.24, 2.45) is 0 Å². The lowest BCUT2D eigenvalue weighted by Gasteiger charge is -2.35. The maximum absolute atomic E-state index is 14.8. The first kappa shape index (κ1) is 16.9. The van der Waals surface area contributed by atoms with Crippen LogP contribution in [0.2, 0.25) is 0 Å². The van der Waals surface area contributed by atoms with Gasteiger partial charge in [-0.1, -0.05) is 6.92 Å². The van der Waals surface area contributed by atoms with Gasteiger partial charge in [0.05, 0.1) is 11.2 Å². The Bertz CT molecular complexity index is 901. The van der Waals surface area contributed by atoms with Crippen LogP contribution in [0.15, 0.2) is 17.1 Å². The number of hydrogen-bond donors (Lipinski definition) is 2. The number of pyridine rings is 1. The van der Waals surface area contributed by atoms with Gasteiger partial charge in [0.15, 0.2) is 0 Å². The van der Waals surface area contributed by atoms with Gasteiger partial charge in [-0.15, -0.1) is 0 Å². The quantitative estimate of drug-likeness (QED) is 0.811. The second kappa shape index (κ2) is 6.54. The van der Waals surface area contributed by atoms with Gasteiger partial charge in [0.1, 0.15) is 11.4 Å². The number of aromatic amines is 1. The van der Waals surface area contributed by atoms with Gasteiger partial charge in [0, 0.05) is 43.3 Å². The largest absolute Gasteiger partial charge is 0.477 e. The van der Waals surface area contributed by atoms with Crippen LogP contribution in [-0.4, -0.2) is 53.5 Å². The van der Waals surface area contributed by atoms with E-state index in [1.165, 1.54) is 0 Å². The van der Waals surface area contributed by atoms with Crippen molar-refractivity contribution in [1.29, 1.82) is 0 Å². The first-order valence-electron chi connectivity index (χ1n) is 8.02. The number of piperazine rings is 1. The Labute approximate surface area is 142 Å². The van der Waals surface area contributed by atoms with Crippen LogP contribution in [0.5, 0.6) is 0 Å². The number of carbonyl (C=O) groups is 2. The molecule has 7 nitrogen and oxygen atoms in total. The molecule has 0 unspecified atom stereocenters. The Kier molecular flexibility index (Phi) is 4.43. The van der Waals surface area contributed by atoms with Crippen LogP contribution in [0.25, 0.3) is 10.9 Å². The van der Waals surface area contributed by atoms with Crippen LogP contribution < -0.4 is 10.3 Å². The van der Waals surface area contributed by atoms with Gasteiger partial charge < -0.3 is 19.9 Å². The van der Waals surface area contributed by atoms with Crippen molar-refractivity contribution in [3.05, 3.63) is 39.4 Å². The molecule has 0 radical (unpaired) electrons. The molecule has 3 rings (SSSR count). The van der Waals surface area contributed by atoms with Crippen LogP contribution >= 0.6 is 0 Å². The number of carboxylic acid groups (broad SMARTS) is 1. The second-order valence-corrected chi connectivity index (χ2v) is 5.93. The summed E-state index contributed by atoms with van der Waals surface area (Å²) in [6.07, 6.45) is 2.40. The molecule has 1 aromatic carbocycles. The normalized spacial score (nSPS) is 14.8. The van der Waals surface area contributed by atoms with Gasteiger partial charge in [0.2, 0.25) is 11.8 Å². The molecule has 25 heavy (non-hydrogen) atoms. The minimum Gasteiger partial charge on any atom is -0.477 e. The molecule has 0 bridgehead atoms. The van der Waals surface area contributed by atoms with E-state index in [4.69, 9.17) is 5.11 Å². The third kappa shape index (κ3) is 2.84. The second-order valence-electron chi connectivity index (χ2n) is 5.93. The first-order chi connectivity index (χ1) is 12.0. The van der Waals surface area contributed by atoms with Crippen LogP contribution in [0, 0.1) is 5.82 Å². The first-order valence-corrected chi connectivity index (χ1v) is 8.02. The number of benzene rings is 1. The van der Waals surface area contributed by atoms with Crippen molar-refractivity contribution in [3.63, 3.8) is 0 Å². The molecule has 1 aliphatic rings. The fourth-order valence-corrected chi connectivity index (χ4v) is 3.29. The molecule has 1 amide bonds. The van der Waals surface area contributed by atoms with Gasteiger partial charge in [-0.3, -0.25) is 9.59 Å². The Morgan fingerprint density at radius 2 is 2.04 bits per heavy atom. The van der Waals surface area contributed by atoms with Crippen molar-refractivity contribution in [2.45, 2.75) is 13.3 Å². The molecule has 0 atom stereocenters. The lowest BCUT2D eigenvalue weighted by molar-refractivity contribution is -0.118. The number of rotatable bonds is 4. The maximum Gasteiger partial charge on any atom is 0.341 e. The Morgan fingerprint density at radius 1 is 1.36 bits per heavy atom. The lowest BCUT2D eigenvalue weighted by atomic mass is 10.0. The van der Waals surface area contributed by atoms with Gasteiger partial charge in [-0.25, -0.2) is 9.18 Å². The summed E-state index contributed by atoms with van der Waals surface area (Å²) >= 11 is 0. The molecule has 0 spiro atoms. The molecule has 0 saturated carbocycles. The Morgan fingerprint density at radius 3 is 2.60 bits per heavy atom. The van der Waals surface area contributed by atoms with E-state index in [0.717, 1.165) is 18.7 Å². The van der Waals surface area contributed by atoms with E-state index >= 15 is 0 Å². The topological polar surface area (TPSA) is 93.7 Å². The number of H-pyrrole nitrogens is 1. The highest BCUT2D eigenvalue weighted by molar-refractivity contribution is 5.94. The van der Waals surface area contributed by atoms with Gasteiger partial charge in [-0.05, 0) is 12.5 Å². The van der Waals surface area contributed by atoms with Crippen LogP contribution in [0.1, 0.15) is 22.8 Å². The zero-order chi connectivity index (χ0) is 18.1. The van der Waals surface area contributed by atoms with Crippen LogP contribution in [0.4, 0.5) is 10.1 Å². The summed E-state index contributed by atoms with van der Waals surface area (Å²) in [5.41, 5.74) is 0.364. The van der Waals surface area contributed by atoms with Crippen molar-refractivity contribution < 1.29 is 19.1 Å². The van der Waals surface area contributed by atoms with Crippen LogP contribution in [0.3, 0.4) is 0 Å². The number of nitrogens with one attached hydrogen (secondary N) is 1. The monoisotopic (exact) mass is 347 g/mol. The summed E-state index contributed by atoms with van der Waals surface area (Å²) in [5.74, 6) is -1.91. The standard InChI is InChI=1S/C17H18FN3O4/c1-2-10-14-11(16(23)12(8-19-14)17(24)25)7-13(18)15(10)21-5-3-20(9-22)4-6-21/h7-9H,2-6H2,1H3,(H,19,23)(H,24,25). The molecule has 1 aromatic heterocycles. The third-order valence-corrected chi connectivity index (χ3v) is 4.57. The predicted molar refractivity (Wildman–Crippen MR) is 90.7 cm³/mol. The highest BCUT2D eigenvalue weighted by Gasteiger charge is 2.24. The van der Waals surface area contributed by atoms with Gasteiger partial charge >= 0.3 is 5.97 Å². The Balaban J connectivity index is 2.16. The number of anilines is 1. The molecule has 1 fully saturated rings. The average Bonchev–Trinajstić information content (AvgIpc) is 2.61. The van der Waals surface area contributed by atoms with Crippen molar-refractivity contribution in [2.75, 3.05) is 31.1 Å². The van der Waals surface area contributed by atoms with Crippen molar-refractivity contribution in [3.8, 4) is 0 Å². The number of hydrogen-bond acceptors (Lipinski definition) is 4. The van der Waals surface area contributed by atoms with E-state index in [1.54, 1.807) is 4.90 Å². The Hall–Kier alpha value is -2.90. The number of carboxylic acids is 1. The molecule has 2 aromatic rings. The molecule has 1 saturated heterocycles. The molecule has 132 valence electrons. The number of aromatic nitrogens is 1. The van der Waals surface area contributed by atoms with E-state index in [1.807, 2.05) is 11.8 Å². The number of carbonyl (C=O) groups excluding carboxylic acids is 1. The maximum atomic E-state index is 14.8. The number of nitrogens with zero attached hydrogens (tertiary/aromatic N) is 2. The smallest absolute Gasteiger partial charge is 0.341 e. The van der Waals surface area contributed by atoms with E-state index < -0.39 is 22.8 Å². The number of fused-ring (bicyclic) bond motifs is 1. The molecule has 2 heterocycles. The minimum atomic E-state index is -1.35. The zero-order valence-corrected chi connectivity index (χ0v) is 13.7. The van der Waals surface area contributed by atoms with Crippen LogP contribution in [-0.2, 0) is 11.2 Å². The number of aromatic carboxylic acids is 1. The lowest BCUT2D eigenvalue weighted by Crippen LogP contribution is -2.46. The number of halogens is 1. The van der Waals surface area contributed by atoms with Gasteiger partial charge in [0.25, 0.3) is 0 Å². The molecular formula is C17H18FN3O4. The summed E-state index contributed by atoms with van der Waals surface area (Å²) in [4.78, 5) is 40.6. The zero-order valence-electron chi connectivity index (χ0n) is 13.7. The fourth-order valence-electron chi connectivity index (χ4n) is 3.29. The molecular weight excluding hydrogens is 329 g/mol. The van der Waals surface area contributed by atoms with E-state index in [9.17, 15) is 18.8 Å². The summed E-state index contributed by atoms with van der Waals surface area (Å²) in [6, 6.07) is 1.10. The third-order valence-electron chi connectivity index (χ3n) is 4.57. The van der Waals surface area contributed by atoms with Crippen molar-refractivity contribution in [1.82, 2.24) is 9.88 Å². The predicted octanol–water partition coefficient (Wildman–Crippen LogP) is 1.21. The summed E-state index contributed by atoms with van der Waals surface area (Å²) in [5, 5.41) is 9.10. The van der Waals surface area contributed by atoms with E-state index in [0.29, 0.717) is 49.4 Å². The highest BCUT2D eigenvalue weighted by atomic mass is 19.1. The fraction of sp³-hybridized carbons (Fsp3) is 0.353. The van der Waals surface area contributed by atoms with E-state index in [-0.39, 0.29) is 5.39 Å². The SMILES string of the molecule is CCc1c(N2CCN(C=O)CC2)c(F)cc2c(=O)c(C(=O)O)c[nH]c12. The summed E-state index contributed by atoms with van der Waals surface area (Å²) < 4.78 is 14.8. The molecule has 2 N–H and O–H groups in total. The number of amides is 1. The van der Waals surface area contributed by atoms with E-state index in [2.05, 4.69) is 4.98 Å². The van der Waals surface area contributed by atoms with Crippen molar-refractivity contribution >= 4 is 29.0 Å². The molecule has 8 heteroatoms. The summed E-state index contributed by atoms with van der Waals surface area (Å²) in [7, 11) is 0. The number of aryl methyl sites for hydroxylation is 1. The molecule has 0 aliphatic carbocycles. The minimum absolute atomic E-state index is 0.0320. The average molecular weight is 347 g/mol. The highest BCUT2D eigenvalue weighted by Crippen LogP contribution is 2.31. The molecule has 1 aliphatic heterocycles.